The van der Waals surface area contributed by atoms with E-state index >= 15 is 0 Å². The van der Waals surface area contributed by atoms with Crippen LogP contribution in [0.25, 0.3) is 0 Å². The summed E-state index contributed by atoms with van der Waals surface area (Å²) in [7, 11) is 0. The third-order valence-electron chi connectivity index (χ3n) is 4.07. The van der Waals surface area contributed by atoms with Crippen LogP contribution < -0.4 is 0 Å². The lowest BCUT2D eigenvalue weighted by Gasteiger charge is -2.35. The predicted molar refractivity (Wildman–Crippen MR) is 92.4 cm³/mol. The largest absolute Gasteiger partial charge is 0.466 e. The predicted octanol–water partition coefficient (Wildman–Crippen LogP) is 2.62. The van der Waals surface area contributed by atoms with Crippen LogP contribution in [0.1, 0.15) is 65.9 Å². The normalized spacial score (nSPS) is 24.0. The van der Waals surface area contributed by atoms with Gasteiger partial charge in [0.15, 0.2) is 0 Å². The first-order chi connectivity index (χ1) is 11.2. The highest BCUT2D eigenvalue weighted by molar-refractivity contribution is 5.72. The minimum Gasteiger partial charge on any atom is -0.466 e. The molecule has 0 aromatic carbocycles. The van der Waals surface area contributed by atoms with Crippen molar-refractivity contribution in [3.05, 3.63) is 18.0 Å². The highest BCUT2D eigenvalue weighted by Crippen LogP contribution is 2.40. The number of carbonyl (C=O) groups is 1. The summed E-state index contributed by atoms with van der Waals surface area (Å²) >= 11 is 0. The zero-order valence-corrected chi connectivity index (χ0v) is 15.6. The number of carbonyl (C=O) groups excluding carboxylic acids is 1. The molecule has 1 fully saturated rings. The van der Waals surface area contributed by atoms with E-state index < -0.39 is 11.2 Å². The second kappa shape index (κ2) is 8.62. The van der Waals surface area contributed by atoms with E-state index in [9.17, 15) is 15.0 Å². The molecule has 0 bridgehead atoms. The molecule has 0 saturated heterocycles. The molecule has 1 aliphatic carbocycles. The van der Waals surface area contributed by atoms with E-state index in [2.05, 4.69) is 5.10 Å². The van der Waals surface area contributed by atoms with Gasteiger partial charge in [-0.2, -0.15) is 5.10 Å². The van der Waals surface area contributed by atoms with E-state index in [1.165, 1.54) is 0 Å². The summed E-state index contributed by atoms with van der Waals surface area (Å²) in [5.74, 6) is -0.499. The van der Waals surface area contributed by atoms with Crippen LogP contribution in [0.15, 0.2) is 12.4 Å². The first-order valence-electron chi connectivity index (χ1n) is 8.88. The lowest BCUT2D eigenvalue weighted by molar-refractivity contribution is -0.153. The van der Waals surface area contributed by atoms with Gasteiger partial charge >= 0.3 is 5.97 Å². The highest BCUT2D eigenvalue weighted by Gasteiger charge is 2.40. The third-order valence-corrected chi connectivity index (χ3v) is 4.07. The van der Waals surface area contributed by atoms with Crippen molar-refractivity contribution in [2.45, 2.75) is 78.0 Å². The standard InChI is InChI=1S/C16H26N2O4.C2H6/c1-4-22-14(19)12-6-5-7-16(21,8-12)13-9-17-18(10-13)11-15(2,3)20;1-2/h9-10,12,20-21H,4-8,11H2,1-3H3;1-2H3. The van der Waals surface area contributed by atoms with E-state index in [-0.39, 0.29) is 11.9 Å². The Morgan fingerprint density at radius 3 is 2.75 bits per heavy atom. The molecular weight excluding hydrogens is 308 g/mol. The average molecular weight is 340 g/mol. The molecule has 138 valence electrons. The average Bonchev–Trinajstić information content (AvgIpc) is 2.97. The minimum atomic E-state index is -1.05. The molecule has 1 aromatic heterocycles. The van der Waals surface area contributed by atoms with Gasteiger partial charge in [-0.1, -0.05) is 13.8 Å². The lowest BCUT2D eigenvalue weighted by Crippen LogP contribution is -2.36. The molecule has 2 atom stereocenters. The Bertz CT molecular complexity index is 521. The quantitative estimate of drug-likeness (QED) is 0.805. The molecule has 1 heterocycles. The minimum absolute atomic E-state index is 0.232. The van der Waals surface area contributed by atoms with Crippen LogP contribution in [-0.4, -0.2) is 38.2 Å². The van der Waals surface area contributed by atoms with Gasteiger partial charge < -0.3 is 14.9 Å². The van der Waals surface area contributed by atoms with Gasteiger partial charge in [0.1, 0.15) is 0 Å². The molecule has 0 amide bonds. The second-order valence-corrected chi connectivity index (χ2v) is 6.82. The van der Waals surface area contributed by atoms with Gasteiger partial charge in [0.05, 0.1) is 36.5 Å². The van der Waals surface area contributed by atoms with Crippen molar-refractivity contribution in [2.24, 2.45) is 5.92 Å². The van der Waals surface area contributed by atoms with Crippen LogP contribution in [0.4, 0.5) is 0 Å². The highest BCUT2D eigenvalue weighted by atomic mass is 16.5. The van der Waals surface area contributed by atoms with Gasteiger partial charge in [-0.3, -0.25) is 9.48 Å². The third kappa shape index (κ3) is 5.60. The van der Waals surface area contributed by atoms with Crippen molar-refractivity contribution in [3.8, 4) is 0 Å². The zero-order chi connectivity index (χ0) is 18.4. The first-order valence-corrected chi connectivity index (χ1v) is 8.88. The summed E-state index contributed by atoms with van der Waals surface area (Å²) in [5, 5.41) is 25.0. The van der Waals surface area contributed by atoms with Gasteiger partial charge in [0, 0.05) is 11.8 Å². The first kappa shape index (κ1) is 20.6. The van der Waals surface area contributed by atoms with Gasteiger partial charge in [-0.15, -0.1) is 0 Å². The van der Waals surface area contributed by atoms with Crippen molar-refractivity contribution in [1.29, 1.82) is 0 Å². The maximum absolute atomic E-state index is 11.9. The Balaban J connectivity index is 0.00000139. The van der Waals surface area contributed by atoms with Crippen LogP contribution in [-0.2, 0) is 21.7 Å². The van der Waals surface area contributed by atoms with Crippen LogP contribution in [0, 0.1) is 5.92 Å². The molecule has 24 heavy (non-hydrogen) atoms. The van der Waals surface area contributed by atoms with E-state index in [0.29, 0.717) is 31.6 Å². The van der Waals surface area contributed by atoms with Gasteiger partial charge in [-0.05, 0) is 46.5 Å². The number of hydrogen-bond donors (Lipinski definition) is 2. The molecule has 0 spiro atoms. The van der Waals surface area contributed by atoms with Gasteiger partial charge in [0.2, 0.25) is 0 Å². The maximum Gasteiger partial charge on any atom is 0.309 e. The summed E-state index contributed by atoms with van der Waals surface area (Å²) in [6, 6.07) is 0. The molecule has 2 unspecified atom stereocenters. The van der Waals surface area contributed by atoms with Gasteiger partial charge in [-0.25, -0.2) is 0 Å². The second-order valence-electron chi connectivity index (χ2n) is 6.82. The smallest absolute Gasteiger partial charge is 0.309 e. The fourth-order valence-electron chi connectivity index (χ4n) is 3.06. The summed E-state index contributed by atoms with van der Waals surface area (Å²) in [5.41, 5.74) is -1.22. The molecule has 2 N–H and O–H groups in total. The molecular formula is C18H32N2O4. The molecule has 1 aromatic rings. The Kier molecular flexibility index (Phi) is 7.42. The van der Waals surface area contributed by atoms with E-state index in [4.69, 9.17) is 4.74 Å². The van der Waals surface area contributed by atoms with E-state index in [0.717, 1.165) is 12.8 Å². The van der Waals surface area contributed by atoms with Crippen LogP contribution in [0.2, 0.25) is 0 Å². The summed E-state index contributed by atoms with van der Waals surface area (Å²) in [6.07, 6.45) is 5.87. The van der Waals surface area contributed by atoms with Crippen LogP contribution in [0.3, 0.4) is 0 Å². The monoisotopic (exact) mass is 340 g/mol. The fraction of sp³-hybridized carbons (Fsp3) is 0.778. The Hall–Kier alpha value is -1.40. The number of rotatable bonds is 5. The molecule has 6 nitrogen and oxygen atoms in total. The maximum atomic E-state index is 11.9. The zero-order valence-electron chi connectivity index (χ0n) is 15.6. The number of ether oxygens (including phenoxy) is 1. The van der Waals surface area contributed by atoms with E-state index in [1.54, 1.807) is 37.8 Å². The van der Waals surface area contributed by atoms with Crippen molar-refractivity contribution < 1.29 is 19.7 Å². The molecule has 2 rings (SSSR count). The van der Waals surface area contributed by atoms with Gasteiger partial charge in [0.25, 0.3) is 0 Å². The van der Waals surface area contributed by atoms with Crippen molar-refractivity contribution in [1.82, 2.24) is 9.78 Å². The Morgan fingerprint density at radius 1 is 1.50 bits per heavy atom. The molecule has 1 saturated carbocycles. The van der Waals surface area contributed by atoms with Crippen molar-refractivity contribution >= 4 is 5.97 Å². The van der Waals surface area contributed by atoms with Crippen LogP contribution >= 0.6 is 0 Å². The topological polar surface area (TPSA) is 84.6 Å². The summed E-state index contributed by atoms with van der Waals surface area (Å²) in [6.45, 7) is 9.91. The Morgan fingerprint density at radius 2 is 2.17 bits per heavy atom. The number of aromatic nitrogens is 2. The number of hydrogen-bond acceptors (Lipinski definition) is 5. The van der Waals surface area contributed by atoms with E-state index in [1.807, 2.05) is 13.8 Å². The molecule has 0 radical (unpaired) electrons. The number of nitrogens with zero attached hydrogens (tertiary/aromatic N) is 2. The number of esters is 1. The van der Waals surface area contributed by atoms with Crippen molar-refractivity contribution in [2.75, 3.05) is 6.61 Å². The summed E-state index contributed by atoms with van der Waals surface area (Å²) in [4.78, 5) is 11.9. The molecule has 6 heteroatoms. The van der Waals surface area contributed by atoms with Crippen LogP contribution in [0.5, 0.6) is 0 Å². The number of aliphatic hydroxyl groups is 2. The Labute approximate surface area is 144 Å². The summed E-state index contributed by atoms with van der Waals surface area (Å²) < 4.78 is 6.70. The molecule has 0 aliphatic heterocycles. The lowest BCUT2D eigenvalue weighted by atomic mass is 9.75. The SMILES string of the molecule is CC.CCOC(=O)C1CCCC(O)(c2cnn(CC(C)(C)O)c2)C1. The fourth-order valence-corrected chi connectivity index (χ4v) is 3.06. The van der Waals surface area contributed by atoms with Crippen molar-refractivity contribution in [3.63, 3.8) is 0 Å². The molecule has 1 aliphatic rings.